The Morgan fingerprint density at radius 2 is 2.25 bits per heavy atom. The number of thioether (sulfide) groups is 1. The molecule has 0 amide bonds. The first kappa shape index (κ1) is 14.8. The molecule has 0 aliphatic rings. The van der Waals surface area contributed by atoms with Crippen LogP contribution in [0.5, 0.6) is 0 Å². The zero-order chi connectivity index (χ0) is 14.7. The van der Waals surface area contributed by atoms with Crippen LogP contribution in [0.2, 0.25) is 5.02 Å². The van der Waals surface area contributed by atoms with Crippen molar-refractivity contribution in [3.63, 3.8) is 0 Å². The van der Waals surface area contributed by atoms with E-state index in [2.05, 4.69) is 10.2 Å². The predicted octanol–water partition coefficient (Wildman–Crippen LogP) is 2.80. The van der Waals surface area contributed by atoms with Crippen molar-refractivity contribution >= 4 is 29.3 Å². The van der Waals surface area contributed by atoms with E-state index in [1.54, 1.807) is 6.07 Å². The highest BCUT2D eigenvalue weighted by Crippen LogP contribution is 2.29. The van der Waals surface area contributed by atoms with Crippen molar-refractivity contribution in [2.45, 2.75) is 18.5 Å². The van der Waals surface area contributed by atoms with Crippen molar-refractivity contribution in [2.24, 2.45) is 0 Å². The molecule has 0 aliphatic heterocycles. The quantitative estimate of drug-likeness (QED) is 0.859. The Labute approximate surface area is 123 Å². The molecule has 0 fully saturated rings. The van der Waals surface area contributed by atoms with Crippen LogP contribution < -0.4 is 0 Å². The van der Waals surface area contributed by atoms with E-state index in [1.807, 2.05) is 6.92 Å². The first-order chi connectivity index (χ1) is 9.54. The van der Waals surface area contributed by atoms with E-state index in [0.29, 0.717) is 17.4 Å². The maximum atomic E-state index is 14.0. The highest BCUT2D eigenvalue weighted by Gasteiger charge is 2.19. The smallest absolute Gasteiger partial charge is 0.313 e. The van der Waals surface area contributed by atoms with Crippen LogP contribution in [-0.2, 0) is 11.2 Å². The molecule has 0 spiro atoms. The Hall–Kier alpha value is -1.60. The highest BCUT2D eigenvalue weighted by atomic mass is 35.5. The van der Waals surface area contributed by atoms with Crippen LogP contribution >= 0.6 is 23.4 Å². The molecule has 0 unspecified atom stereocenters. The van der Waals surface area contributed by atoms with Gasteiger partial charge >= 0.3 is 5.97 Å². The van der Waals surface area contributed by atoms with E-state index in [9.17, 15) is 9.18 Å². The molecule has 1 aromatic carbocycles. The lowest BCUT2D eigenvalue weighted by Crippen LogP contribution is -2.06. The summed E-state index contributed by atoms with van der Waals surface area (Å²) in [7, 11) is 0. The van der Waals surface area contributed by atoms with Crippen molar-refractivity contribution in [3.05, 3.63) is 34.9 Å². The summed E-state index contributed by atoms with van der Waals surface area (Å²) >= 11 is 7.01. The predicted molar refractivity (Wildman–Crippen MR) is 74.1 cm³/mol. The molecule has 0 bridgehead atoms. The van der Waals surface area contributed by atoms with Gasteiger partial charge in [0.2, 0.25) is 0 Å². The number of rotatable bonds is 5. The number of hydrogen-bond donors (Lipinski definition) is 1. The van der Waals surface area contributed by atoms with E-state index in [-0.39, 0.29) is 16.5 Å². The van der Waals surface area contributed by atoms with E-state index >= 15 is 0 Å². The minimum absolute atomic E-state index is 0.143. The number of carboxylic acids is 1. The summed E-state index contributed by atoms with van der Waals surface area (Å²) in [4.78, 5) is 10.7. The maximum absolute atomic E-state index is 14.0. The average Bonchev–Trinajstić information content (AvgIpc) is 2.79. The van der Waals surface area contributed by atoms with Crippen molar-refractivity contribution < 1.29 is 14.3 Å². The molecule has 20 heavy (non-hydrogen) atoms. The largest absolute Gasteiger partial charge is 0.481 e. The molecular formula is C12H11ClFN3O2S. The van der Waals surface area contributed by atoms with Crippen LogP contribution in [0.4, 0.5) is 4.39 Å². The molecule has 106 valence electrons. The Kier molecular flexibility index (Phi) is 4.61. The van der Waals surface area contributed by atoms with Gasteiger partial charge in [0, 0.05) is 6.42 Å². The first-order valence-electron chi connectivity index (χ1n) is 5.77. The molecule has 2 rings (SSSR count). The van der Waals surface area contributed by atoms with Gasteiger partial charge in [-0.25, -0.2) is 4.39 Å². The Bertz CT molecular complexity index is 627. The van der Waals surface area contributed by atoms with Gasteiger partial charge in [-0.2, -0.15) is 0 Å². The van der Waals surface area contributed by atoms with Crippen LogP contribution in [0, 0.1) is 5.82 Å². The third-order valence-corrected chi connectivity index (χ3v) is 3.72. The number of hydrogen-bond acceptors (Lipinski definition) is 4. The number of carboxylic acid groups (broad SMARTS) is 1. The van der Waals surface area contributed by atoms with Gasteiger partial charge in [-0.05, 0) is 12.1 Å². The van der Waals surface area contributed by atoms with Gasteiger partial charge in [0.1, 0.15) is 17.3 Å². The van der Waals surface area contributed by atoms with E-state index in [4.69, 9.17) is 16.7 Å². The Balaban J connectivity index is 2.53. The SMILES string of the molecule is CCc1nnc(SCC(=O)O)n1-c1c(F)cccc1Cl. The standard InChI is InChI=1S/C12H11ClFN3O2S/c1-2-9-15-16-12(20-6-10(18)19)17(9)11-7(13)4-3-5-8(11)14/h3-5H,2,6H2,1H3,(H,18,19). The lowest BCUT2D eigenvalue weighted by Gasteiger charge is -2.11. The molecule has 1 heterocycles. The fourth-order valence-corrected chi connectivity index (χ4v) is 2.60. The number of aryl methyl sites for hydroxylation is 1. The summed E-state index contributed by atoms with van der Waals surface area (Å²) in [5.41, 5.74) is 0.143. The normalized spacial score (nSPS) is 10.8. The third kappa shape index (κ3) is 2.94. The van der Waals surface area contributed by atoms with Gasteiger partial charge in [0.05, 0.1) is 10.8 Å². The van der Waals surface area contributed by atoms with Crippen LogP contribution in [0.25, 0.3) is 5.69 Å². The maximum Gasteiger partial charge on any atom is 0.313 e. The molecule has 2 aromatic rings. The topological polar surface area (TPSA) is 68.0 Å². The fraction of sp³-hybridized carbons (Fsp3) is 0.250. The summed E-state index contributed by atoms with van der Waals surface area (Å²) < 4.78 is 15.5. The number of nitrogens with zero attached hydrogens (tertiary/aromatic N) is 3. The van der Waals surface area contributed by atoms with Gasteiger partial charge in [-0.15, -0.1) is 10.2 Å². The molecule has 1 aromatic heterocycles. The minimum Gasteiger partial charge on any atom is -0.481 e. The molecular weight excluding hydrogens is 305 g/mol. The lowest BCUT2D eigenvalue weighted by molar-refractivity contribution is -0.133. The highest BCUT2D eigenvalue weighted by molar-refractivity contribution is 7.99. The van der Waals surface area contributed by atoms with E-state index < -0.39 is 11.8 Å². The van der Waals surface area contributed by atoms with Crippen molar-refractivity contribution in [1.82, 2.24) is 14.8 Å². The number of benzene rings is 1. The number of carbonyl (C=O) groups is 1. The van der Waals surface area contributed by atoms with E-state index in [1.165, 1.54) is 16.7 Å². The van der Waals surface area contributed by atoms with Crippen LogP contribution in [0.1, 0.15) is 12.7 Å². The molecule has 1 N–H and O–H groups in total. The molecule has 0 saturated heterocycles. The van der Waals surface area contributed by atoms with Crippen LogP contribution in [0.3, 0.4) is 0 Å². The van der Waals surface area contributed by atoms with E-state index in [0.717, 1.165) is 11.8 Å². The number of aliphatic carboxylic acids is 1. The Morgan fingerprint density at radius 3 is 2.85 bits per heavy atom. The van der Waals surface area contributed by atoms with Crippen molar-refractivity contribution in [3.8, 4) is 5.69 Å². The van der Waals surface area contributed by atoms with Crippen molar-refractivity contribution in [1.29, 1.82) is 0 Å². The van der Waals surface area contributed by atoms with Gasteiger partial charge in [-0.3, -0.25) is 9.36 Å². The summed E-state index contributed by atoms with van der Waals surface area (Å²) in [6.07, 6.45) is 0.519. The first-order valence-corrected chi connectivity index (χ1v) is 7.14. The van der Waals surface area contributed by atoms with Crippen LogP contribution in [0.15, 0.2) is 23.4 Å². The average molecular weight is 316 g/mol. The zero-order valence-electron chi connectivity index (χ0n) is 10.5. The third-order valence-electron chi connectivity index (χ3n) is 2.50. The summed E-state index contributed by atoms with van der Waals surface area (Å²) in [6.45, 7) is 1.85. The summed E-state index contributed by atoms with van der Waals surface area (Å²) in [6, 6.07) is 4.35. The second-order valence-corrected chi connectivity index (χ2v) is 5.19. The molecule has 8 heteroatoms. The zero-order valence-corrected chi connectivity index (χ0v) is 12.1. The monoisotopic (exact) mass is 315 g/mol. The second-order valence-electron chi connectivity index (χ2n) is 3.84. The number of aromatic nitrogens is 3. The number of para-hydroxylation sites is 1. The molecule has 0 radical (unpaired) electrons. The Morgan fingerprint density at radius 1 is 1.50 bits per heavy atom. The minimum atomic E-state index is -0.984. The molecule has 0 aliphatic carbocycles. The summed E-state index contributed by atoms with van der Waals surface area (Å²) in [5, 5.41) is 17.1. The van der Waals surface area contributed by atoms with Gasteiger partial charge in [0.15, 0.2) is 5.16 Å². The molecule has 5 nitrogen and oxygen atoms in total. The molecule has 0 saturated carbocycles. The van der Waals surface area contributed by atoms with Gasteiger partial charge < -0.3 is 5.11 Å². The van der Waals surface area contributed by atoms with Crippen LogP contribution in [-0.4, -0.2) is 31.6 Å². The number of halogens is 2. The molecule has 0 atom stereocenters. The summed E-state index contributed by atoms with van der Waals surface area (Å²) in [5.74, 6) is -1.16. The fourth-order valence-electron chi connectivity index (χ4n) is 1.68. The van der Waals surface area contributed by atoms with Gasteiger partial charge in [0.25, 0.3) is 0 Å². The van der Waals surface area contributed by atoms with Gasteiger partial charge in [-0.1, -0.05) is 36.4 Å². The lowest BCUT2D eigenvalue weighted by atomic mass is 10.3. The second kappa shape index (κ2) is 6.23. The van der Waals surface area contributed by atoms with Crippen molar-refractivity contribution in [2.75, 3.05) is 5.75 Å².